The predicted molar refractivity (Wildman–Crippen MR) is 74.0 cm³/mol. The average Bonchev–Trinajstić information content (AvgIpc) is 2.32. The van der Waals surface area contributed by atoms with Crippen LogP contribution >= 0.6 is 11.6 Å². The smallest absolute Gasteiger partial charge is 0.281 e. The Labute approximate surface area is 117 Å². The molecule has 1 aromatic carbocycles. The second kappa shape index (κ2) is 5.45. The van der Waals surface area contributed by atoms with Gasteiger partial charge in [-0.1, -0.05) is 37.6 Å². The number of nitrogens with zero attached hydrogens (tertiary/aromatic N) is 2. The highest BCUT2D eigenvalue weighted by atomic mass is 35.5. The molecule has 0 radical (unpaired) electrons. The summed E-state index contributed by atoms with van der Waals surface area (Å²) in [7, 11) is 0. The Hall–Kier alpha value is -1.81. The van der Waals surface area contributed by atoms with Crippen molar-refractivity contribution in [1.82, 2.24) is 10.2 Å². The van der Waals surface area contributed by atoms with Crippen molar-refractivity contribution in [3.8, 4) is 17.4 Å². The molecular weight excluding hydrogens is 264 g/mol. The molecule has 0 saturated heterocycles. The van der Waals surface area contributed by atoms with Crippen molar-refractivity contribution in [1.29, 1.82) is 0 Å². The normalized spacial score (nSPS) is 10.8. The fourth-order valence-electron chi connectivity index (χ4n) is 1.73. The summed E-state index contributed by atoms with van der Waals surface area (Å²) in [6, 6.07) is 7.24. The first-order valence-electron chi connectivity index (χ1n) is 5.98. The molecule has 1 heterocycles. The minimum Gasteiger partial charge on any atom is -0.503 e. The van der Waals surface area contributed by atoms with E-state index in [9.17, 15) is 5.11 Å². The van der Waals surface area contributed by atoms with E-state index in [1.807, 2.05) is 25.1 Å². The van der Waals surface area contributed by atoms with E-state index in [1.54, 1.807) is 0 Å². The highest BCUT2D eigenvalue weighted by Crippen LogP contribution is 2.34. The molecule has 0 saturated carbocycles. The summed E-state index contributed by atoms with van der Waals surface area (Å²) < 4.78 is 5.66. The molecule has 0 aliphatic heterocycles. The summed E-state index contributed by atoms with van der Waals surface area (Å²) in [6.07, 6.45) is 0. The van der Waals surface area contributed by atoms with Gasteiger partial charge in [-0.3, -0.25) is 0 Å². The van der Waals surface area contributed by atoms with Gasteiger partial charge in [0.25, 0.3) is 5.88 Å². The van der Waals surface area contributed by atoms with Crippen LogP contribution in [0.5, 0.6) is 17.4 Å². The average molecular weight is 279 g/mol. The monoisotopic (exact) mass is 278 g/mol. The maximum absolute atomic E-state index is 9.74. The Morgan fingerprint density at radius 2 is 1.95 bits per heavy atom. The largest absolute Gasteiger partial charge is 0.503 e. The third kappa shape index (κ3) is 3.15. The number of hydrogen-bond acceptors (Lipinski definition) is 4. The molecule has 0 aliphatic rings. The highest BCUT2D eigenvalue weighted by molar-refractivity contribution is 6.29. The van der Waals surface area contributed by atoms with Crippen LogP contribution in [0.1, 0.15) is 30.9 Å². The van der Waals surface area contributed by atoms with E-state index in [4.69, 9.17) is 16.3 Å². The molecule has 0 bridgehead atoms. The van der Waals surface area contributed by atoms with Gasteiger partial charge in [0.1, 0.15) is 5.75 Å². The Morgan fingerprint density at radius 3 is 2.58 bits per heavy atom. The summed E-state index contributed by atoms with van der Waals surface area (Å²) in [5.41, 5.74) is 2.11. The summed E-state index contributed by atoms with van der Waals surface area (Å²) in [6.45, 7) is 6.13. The van der Waals surface area contributed by atoms with Gasteiger partial charge in [-0.25, -0.2) is 0 Å². The molecular formula is C14H15ClN2O2. The molecule has 2 rings (SSSR count). The van der Waals surface area contributed by atoms with E-state index in [1.165, 1.54) is 6.07 Å². The number of aromatic nitrogens is 2. The molecule has 19 heavy (non-hydrogen) atoms. The van der Waals surface area contributed by atoms with Crippen LogP contribution in [0.15, 0.2) is 24.3 Å². The van der Waals surface area contributed by atoms with E-state index in [-0.39, 0.29) is 16.8 Å². The van der Waals surface area contributed by atoms with Gasteiger partial charge in [-0.15, -0.1) is 10.2 Å². The summed E-state index contributed by atoms with van der Waals surface area (Å²) in [5, 5.41) is 17.3. The number of rotatable bonds is 3. The van der Waals surface area contributed by atoms with Gasteiger partial charge in [0, 0.05) is 6.07 Å². The molecule has 5 heteroatoms. The van der Waals surface area contributed by atoms with Crippen LogP contribution in [0.4, 0.5) is 0 Å². The van der Waals surface area contributed by atoms with Crippen molar-refractivity contribution in [2.45, 2.75) is 26.7 Å². The summed E-state index contributed by atoms with van der Waals surface area (Å²) in [5.74, 6) is 0.896. The zero-order valence-electron chi connectivity index (χ0n) is 11.0. The molecule has 0 aliphatic carbocycles. The number of aryl methyl sites for hydroxylation is 1. The lowest BCUT2D eigenvalue weighted by atomic mass is 10.0. The minimum atomic E-state index is -0.129. The number of ether oxygens (including phenoxy) is 1. The second-order valence-electron chi connectivity index (χ2n) is 4.66. The van der Waals surface area contributed by atoms with E-state index in [0.717, 1.165) is 11.1 Å². The molecule has 0 unspecified atom stereocenters. The third-order valence-electron chi connectivity index (χ3n) is 2.71. The maximum atomic E-state index is 9.74. The van der Waals surface area contributed by atoms with Crippen LogP contribution in [0.2, 0.25) is 5.15 Å². The van der Waals surface area contributed by atoms with Crippen molar-refractivity contribution in [3.05, 3.63) is 40.5 Å². The van der Waals surface area contributed by atoms with Gasteiger partial charge in [0.2, 0.25) is 0 Å². The molecule has 0 fully saturated rings. The Kier molecular flexibility index (Phi) is 3.90. The standard InChI is InChI=1S/C14H15ClN2O2/c1-8(2)10-5-4-9(3)6-12(10)19-14-11(18)7-13(15)16-17-14/h4-8H,1-3H3,(H,16,18). The lowest BCUT2D eigenvalue weighted by molar-refractivity contribution is 0.388. The lowest BCUT2D eigenvalue weighted by Crippen LogP contribution is -1.97. The molecule has 100 valence electrons. The SMILES string of the molecule is Cc1ccc(C(C)C)c(Oc2nnc(Cl)cc2O)c1. The lowest BCUT2D eigenvalue weighted by Gasteiger charge is -2.14. The summed E-state index contributed by atoms with van der Waals surface area (Å²) in [4.78, 5) is 0. The minimum absolute atomic E-state index is 0.0527. The molecule has 1 N–H and O–H groups in total. The van der Waals surface area contributed by atoms with E-state index < -0.39 is 0 Å². The van der Waals surface area contributed by atoms with Gasteiger partial charge in [-0.05, 0) is 30.0 Å². The fourth-order valence-corrected chi connectivity index (χ4v) is 1.87. The number of aromatic hydroxyl groups is 1. The maximum Gasteiger partial charge on any atom is 0.281 e. The topological polar surface area (TPSA) is 55.2 Å². The second-order valence-corrected chi connectivity index (χ2v) is 5.04. The van der Waals surface area contributed by atoms with Gasteiger partial charge in [-0.2, -0.15) is 0 Å². The van der Waals surface area contributed by atoms with Crippen molar-refractivity contribution in [2.75, 3.05) is 0 Å². The van der Waals surface area contributed by atoms with Crippen LogP contribution in [0.25, 0.3) is 0 Å². The summed E-state index contributed by atoms with van der Waals surface area (Å²) >= 11 is 5.64. The van der Waals surface area contributed by atoms with Crippen molar-refractivity contribution >= 4 is 11.6 Å². The van der Waals surface area contributed by atoms with Gasteiger partial charge in [0.15, 0.2) is 10.9 Å². The third-order valence-corrected chi connectivity index (χ3v) is 2.89. The molecule has 0 spiro atoms. The van der Waals surface area contributed by atoms with Crippen molar-refractivity contribution < 1.29 is 9.84 Å². The first-order valence-corrected chi connectivity index (χ1v) is 6.35. The highest BCUT2D eigenvalue weighted by Gasteiger charge is 2.13. The van der Waals surface area contributed by atoms with Crippen LogP contribution in [-0.2, 0) is 0 Å². The van der Waals surface area contributed by atoms with Gasteiger partial charge < -0.3 is 9.84 Å². The first kappa shape index (κ1) is 13.6. The number of halogens is 1. The molecule has 2 aromatic rings. The zero-order chi connectivity index (χ0) is 14.0. The van der Waals surface area contributed by atoms with Crippen LogP contribution in [0, 0.1) is 6.92 Å². The Balaban J connectivity index is 2.39. The van der Waals surface area contributed by atoms with Gasteiger partial charge in [0.05, 0.1) is 0 Å². The zero-order valence-corrected chi connectivity index (χ0v) is 11.8. The van der Waals surface area contributed by atoms with E-state index >= 15 is 0 Å². The van der Waals surface area contributed by atoms with Crippen LogP contribution in [-0.4, -0.2) is 15.3 Å². The van der Waals surface area contributed by atoms with Gasteiger partial charge >= 0.3 is 0 Å². The van der Waals surface area contributed by atoms with E-state index in [0.29, 0.717) is 11.7 Å². The fraction of sp³-hybridized carbons (Fsp3) is 0.286. The Morgan fingerprint density at radius 1 is 1.21 bits per heavy atom. The van der Waals surface area contributed by atoms with Crippen LogP contribution in [0.3, 0.4) is 0 Å². The molecule has 4 nitrogen and oxygen atoms in total. The number of benzene rings is 1. The molecule has 0 amide bonds. The first-order chi connectivity index (χ1) is 8.97. The molecule has 1 aromatic heterocycles. The van der Waals surface area contributed by atoms with E-state index in [2.05, 4.69) is 24.0 Å². The molecule has 0 atom stereocenters. The number of hydrogen-bond donors (Lipinski definition) is 1. The van der Waals surface area contributed by atoms with Crippen molar-refractivity contribution in [3.63, 3.8) is 0 Å². The predicted octanol–water partition coefficient (Wildman–Crippen LogP) is 4.06. The Bertz CT molecular complexity index is 600. The van der Waals surface area contributed by atoms with Crippen molar-refractivity contribution in [2.24, 2.45) is 0 Å². The quantitative estimate of drug-likeness (QED) is 0.920. The van der Waals surface area contributed by atoms with Crippen LogP contribution < -0.4 is 4.74 Å².